The van der Waals surface area contributed by atoms with Crippen LogP contribution in [-0.2, 0) is 16.4 Å². The van der Waals surface area contributed by atoms with Crippen LogP contribution in [0.3, 0.4) is 0 Å². The van der Waals surface area contributed by atoms with Crippen LogP contribution < -0.4 is 5.32 Å². The summed E-state index contributed by atoms with van der Waals surface area (Å²) in [6.45, 7) is 0.477. The number of thiophene rings is 1. The van der Waals surface area contributed by atoms with E-state index in [0.29, 0.717) is 12.1 Å². The summed E-state index contributed by atoms with van der Waals surface area (Å²) in [6.07, 6.45) is 1.14. The fourth-order valence-corrected chi connectivity index (χ4v) is 2.81. The van der Waals surface area contributed by atoms with E-state index in [1.165, 1.54) is 24.3 Å². The Balaban J connectivity index is 2.04. The highest BCUT2D eigenvalue weighted by molar-refractivity contribution is 7.90. The second kappa shape index (κ2) is 5.54. The van der Waals surface area contributed by atoms with Crippen LogP contribution in [0, 0.1) is 0 Å². The minimum absolute atomic E-state index is 0.210. The van der Waals surface area contributed by atoms with Gasteiger partial charge in [0.05, 0.1) is 11.4 Å². The van der Waals surface area contributed by atoms with Crippen LogP contribution in [0.25, 0.3) is 0 Å². The first-order chi connectivity index (χ1) is 8.97. The van der Waals surface area contributed by atoms with Gasteiger partial charge in [0, 0.05) is 16.7 Å². The SMILES string of the molecule is CS(=O)(=O)c1ccc(C(=O)NCc2cccs2)cc1. The van der Waals surface area contributed by atoms with E-state index in [1.54, 1.807) is 11.3 Å². The van der Waals surface area contributed by atoms with Crippen molar-refractivity contribution in [2.45, 2.75) is 11.4 Å². The molecule has 1 N–H and O–H groups in total. The van der Waals surface area contributed by atoms with Crippen LogP contribution in [0.2, 0.25) is 0 Å². The predicted octanol–water partition coefficient (Wildman–Crippen LogP) is 2.08. The number of benzene rings is 1. The summed E-state index contributed by atoms with van der Waals surface area (Å²) in [5, 5.41) is 4.73. The Labute approximate surface area is 116 Å². The predicted molar refractivity (Wildman–Crippen MR) is 75.0 cm³/mol. The molecule has 4 nitrogen and oxygen atoms in total. The Bertz CT molecular complexity index is 658. The third-order valence-corrected chi connectivity index (χ3v) is 4.55. The van der Waals surface area contributed by atoms with Gasteiger partial charge in [-0.2, -0.15) is 0 Å². The van der Waals surface area contributed by atoms with Crippen molar-refractivity contribution in [1.82, 2.24) is 5.32 Å². The fourth-order valence-electron chi connectivity index (χ4n) is 1.54. The summed E-state index contributed by atoms with van der Waals surface area (Å²) in [4.78, 5) is 13.1. The molecule has 1 amide bonds. The quantitative estimate of drug-likeness (QED) is 0.939. The van der Waals surface area contributed by atoms with E-state index in [4.69, 9.17) is 0 Å². The number of hydrogen-bond acceptors (Lipinski definition) is 4. The summed E-state index contributed by atoms with van der Waals surface area (Å²) >= 11 is 1.57. The third-order valence-electron chi connectivity index (χ3n) is 2.55. The monoisotopic (exact) mass is 295 g/mol. The van der Waals surface area contributed by atoms with Crippen LogP contribution in [0.15, 0.2) is 46.7 Å². The van der Waals surface area contributed by atoms with E-state index in [1.807, 2.05) is 17.5 Å². The molecule has 0 saturated carbocycles. The van der Waals surface area contributed by atoms with Crippen molar-refractivity contribution in [1.29, 1.82) is 0 Å². The smallest absolute Gasteiger partial charge is 0.251 e. The standard InChI is InChI=1S/C13H13NO3S2/c1-19(16,17)12-6-4-10(5-7-12)13(15)14-9-11-3-2-8-18-11/h2-8H,9H2,1H3,(H,14,15). The molecule has 0 radical (unpaired) electrons. The lowest BCUT2D eigenvalue weighted by Gasteiger charge is -2.04. The van der Waals surface area contributed by atoms with E-state index in [0.717, 1.165) is 11.1 Å². The zero-order valence-electron chi connectivity index (χ0n) is 10.3. The number of amides is 1. The largest absolute Gasteiger partial charge is 0.347 e. The molecule has 0 aliphatic carbocycles. The molecule has 0 aliphatic rings. The van der Waals surface area contributed by atoms with Gasteiger partial charge in [-0.25, -0.2) is 8.42 Å². The average Bonchev–Trinajstić information content (AvgIpc) is 2.88. The van der Waals surface area contributed by atoms with Gasteiger partial charge in [-0.15, -0.1) is 11.3 Å². The highest BCUT2D eigenvalue weighted by Gasteiger charge is 2.09. The van der Waals surface area contributed by atoms with E-state index in [9.17, 15) is 13.2 Å². The number of carbonyl (C=O) groups is 1. The molecule has 0 saturated heterocycles. The lowest BCUT2D eigenvalue weighted by molar-refractivity contribution is 0.0951. The second-order valence-electron chi connectivity index (χ2n) is 4.06. The Kier molecular flexibility index (Phi) is 4.01. The molecular formula is C13H13NO3S2. The van der Waals surface area contributed by atoms with Crippen molar-refractivity contribution in [2.75, 3.05) is 6.26 Å². The van der Waals surface area contributed by atoms with Crippen molar-refractivity contribution in [3.05, 3.63) is 52.2 Å². The van der Waals surface area contributed by atoms with Gasteiger partial charge in [0.25, 0.3) is 5.91 Å². The van der Waals surface area contributed by atoms with Crippen LogP contribution in [0.5, 0.6) is 0 Å². The maximum absolute atomic E-state index is 11.8. The van der Waals surface area contributed by atoms with Crippen molar-refractivity contribution in [3.63, 3.8) is 0 Å². The summed E-state index contributed by atoms with van der Waals surface area (Å²) < 4.78 is 22.6. The first kappa shape index (κ1) is 13.8. The van der Waals surface area contributed by atoms with Gasteiger partial charge >= 0.3 is 0 Å². The zero-order chi connectivity index (χ0) is 13.9. The first-order valence-corrected chi connectivity index (χ1v) is 8.34. The van der Waals surface area contributed by atoms with Gasteiger partial charge in [0.1, 0.15) is 0 Å². The van der Waals surface area contributed by atoms with Crippen LogP contribution in [0.1, 0.15) is 15.2 Å². The van der Waals surface area contributed by atoms with Gasteiger partial charge in [-0.1, -0.05) is 6.07 Å². The van der Waals surface area contributed by atoms with Crippen LogP contribution in [-0.4, -0.2) is 20.6 Å². The lowest BCUT2D eigenvalue weighted by Crippen LogP contribution is -2.22. The number of rotatable bonds is 4. The van der Waals surface area contributed by atoms with E-state index in [2.05, 4.69) is 5.32 Å². The van der Waals surface area contributed by atoms with E-state index < -0.39 is 9.84 Å². The van der Waals surface area contributed by atoms with Crippen molar-refractivity contribution in [2.24, 2.45) is 0 Å². The van der Waals surface area contributed by atoms with Gasteiger partial charge in [0.15, 0.2) is 9.84 Å². The van der Waals surface area contributed by atoms with Crippen LogP contribution in [0.4, 0.5) is 0 Å². The number of sulfone groups is 1. The fraction of sp³-hybridized carbons (Fsp3) is 0.154. The molecule has 6 heteroatoms. The highest BCUT2D eigenvalue weighted by Crippen LogP contribution is 2.11. The molecule has 1 heterocycles. The van der Waals surface area contributed by atoms with E-state index >= 15 is 0 Å². The Hall–Kier alpha value is -1.66. The lowest BCUT2D eigenvalue weighted by atomic mass is 10.2. The molecule has 0 spiro atoms. The van der Waals surface area contributed by atoms with Crippen molar-refractivity contribution >= 4 is 27.1 Å². The van der Waals surface area contributed by atoms with Crippen LogP contribution >= 0.6 is 11.3 Å². The average molecular weight is 295 g/mol. The van der Waals surface area contributed by atoms with Crippen molar-refractivity contribution < 1.29 is 13.2 Å². The molecular weight excluding hydrogens is 282 g/mol. The highest BCUT2D eigenvalue weighted by atomic mass is 32.2. The van der Waals surface area contributed by atoms with Gasteiger partial charge < -0.3 is 5.32 Å². The Morgan fingerprint density at radius 1 is 1.21 bits per heavy atom. The second-order valence-corrected chi connectivity index (χ2v) is 7.11. The molecule has 100 valence electrons. The minimum atomic E-state index is -3.22. The number of hydrogen-bond donors (Lipinski definition) is 1. The van der Waals surface area contributed by atoms with Crippen molar-refractivity contribution in [3.8, 4) is 0 Å². The summed E-state index contributed by atoms with van der Waals surface area (Å²) in [6, 6.07) is 9.77. The molecule has 0 unspecified atom stereocenters. The summed E-state index contributed by atoms with van der Waals surface area (Å²) in [5.41, 5.74) is 0.448. The molecule has 1 aromatic heterocycles. The van der Waals surface area contributed by atoms with Gasteiger partial charge in [0.2, 0.25) is 0 Å². The zero-order valence-corrected chi connectivity index (χ0v) is 11.9. The summed E-state index contributed by atoms with van der Waals surface area (Å²) in [7, 11) is -3.22. The van der Waals surface area contributed by atoms with Gasteiger partial charge in [-0.3, -0.25) is 4.79 Å². The normalized spacial score (nSPS) is 11.2. The molecule has 0 aliphatic heterocycles. The topological polar surface area (TPSA) is 63.2 Å². The minimum Gasteiger partial charge on any atom is -0.347 e. The molecule has 2 aromatic rings. The third kappa shape index (κ3) is 3.65. The molecule has 19 heavy (non-hydrogen) atoms. The first-order valence-electron chi connectivity index (χ1n) is 5.57. The molecule has 1 aromatic carbocycles. The number of nitrogens with one attached hydrogen (secondary N) is 1. The number of carbonyl (C=O) groups excluding carboxylic acids is 1. The molecule has 0 fully saturated rings. The maximum atomic E-state index is 11.8. The Morgan fingerprint density at radius 3 is 2.42 bits per heavy atom. The molecule has 0 atom stereocenters. The maximum Gasteiger partial charge on any atom is 0.251 e. The van der Waals surface area contributed by atoms with Gasteiger partial charge in [-0.05, 0) is 35.7 Å². The Morgan fingerprint density at radius 2 is 1.89 bits per heavy atom. The molecule has 2 rings (SSSR count). The van der Waals surface area contributed by atoms with E-state index in [-0.39, 0.29) is 10.8 Å². The summed E-state index contributed by atoms with van der Waals surface area (Å²) in [5.74, 6) is -0.214. The molecule has 0 bridgehead atoms.